The van der Waals surface area contributed by atoms with Crippen LogP contribution in [0.1, 0.15) is 19.8 Å². The van der Waals surface area contributed by atoms with Gasteiger partial charge in [0.05, 0.1) is 13.2 Å². The standard InChI is InChI=1S/C9H14O4/c1-2-11-8(10)7-5-6-3-4-12-9(6)13-7/h6-7,9H,2-5H2,1H3/t6-,7-,9+/m0/s1. The molecule has 0 amide bonds. The van der Waals surface area contributed by atoms with Gasteiger partial charge in [0.1, 0.15) is 0 Å². The Balaban J connectivity index is 1.87. The zero-order valence-electron chi connectivity index (χ0n) is 7.69. The summed E-state index contributed by atoms with van der Waals surface area (Å²) >= 11 is 0. The molecule has 4 nitrogen and oxygen atoms in total. The number of hydrogen-bond donors (Lipinski definition) is 0. The molecule has 2 heterocycles. The predicted molar refractivity (Wildman–Crippen MR) is 44.0 cm³/mol. The van der Waals surface area contributed by atoms with Crippen LogP contribution >= 0.6 is 0 Å². The van der Waals surface area contributed by atoms with Crippen molar-refractivity contribution in [2.24, 2.45) is 5.92 Å². The van der Waals surface area contributed by atoms with E-state index in [4.69, 9.17) is 14.2 Å². The van der Waals surface area contributed by atoms with Gasteiger partial charge in [0.15, 0.2) is 12.4 Å². The Kier molecular flexibility index (Phi) is 2.51. The summed E-state index contributed by atoms with van der Waals surface area (Å²) in [5.41, 5.74) is 0. The van der Waals surface area contributed by atoms with Gasteiger partial charge < -0.3 is 14.2 Å². The van der Waals surface area contributed by atoms with Crippen LogP contribution in [0.2, 0.25) is 0 Å². The van der Waals surface area contributed by atoms with E-state index < -0.39 is 6.10 Å². The highest BCUT2D eigenvalue weighted by Gasteiger charge is 2.43. The Morgan fingerprint density at radius 1 is 1.62 bits per heavy atom. The molecule has 0 spiro atoms. The first-order chi connectivity index (χ1) is 6.31. The lowest BCUT2D eigenvalue weighted by Crippen LogP contribution is -2.24. The second kappa shape index (κ2) is 3.64. The maximum absolute atomic E-state index is 11.3. The van der Waals surface area contributed by atoms with E-state index in [-0.39, 0.29) is 12.3 Å². The van der Waals surface area contributed by atoms with E-state index >= 15 is 0 Å². The minimum absolute atomic E-state index is 0.158. The van der Waals surface area contributed by atoms with Gasteiger partial charge in [-0.3, -0.25) is 0 Å². The van der Waals surface area contributed by atoms with Gasteiger partial charge in [-0.1, -0.05) is 0 Å². The molecule has 0 aromatic rings. The number of carbonyl (C=O) groups excluding carboxylic acids is 1. The molecule has 2 rings (SSSR count). The second-order valence-electron chi connectivity index (χ2n) is 3.40. The van der Waals surface area contributed by atoms with Gasteiger partial charge in [0.25, 0.3) is 0 Å². The Bertz CT molecular complexity index is 192. The number of fused-ring (bicyclic) bond motifs is 1. The normalized spacial score (nSPS) is 37.5. The van der Waals surface area contributed by atoms with E-state index in [2.05, 4.69) is 0 Å². The van der Waals surface area contributed by atoms with Crippen molar-refractivity contribution in [1.29, 1.82) is 0 Å². The summed E-state index contributed by atoms with van der Waals surface area (Å²) in [6, 6.07) is 0. The summed E-state index contributed by atoms with van der Waals surface area (Å²) in [4.78, 5) is 11.3. The molecule has 13 heavy (non-hydrogen) atoms. The van der Waals surface area contributed by atoms with Gasteiger partial charge in [-0.15, -0.1) is 0 Å². The van der Waals surface area contributed by atoms with Gasteiger partial charge >= 0.3 is 5.97 Å². The van der Waals surface area contributed by atoms with E-state index in [0.717, 1.165) is 19.4 Å². The SMILES string of the molecule is CCOC(=O)[C@@H]1C[C@@H]2CCO[C@@H]2O1. The van der Waals surface area contributed by atoms with Crippen LogP contribution in [0.3, 0.4) is 0 Å². The minimum Gasteiger partial charge on any atom is -0.464 e. The highest BCUT2D eigenvalue weighted by atomic mass is 16.7. The molecule has 0 unspecified atom stereocenters. The number of hydrogen-bond acceptors (Lipinski definition) is 4. The molecule has 0 aromatic heterocycles. The van der Waals surface area contributed by atoms with Crippen molar-refractivity contribution >= 4 is 5.97 Å². The molecule has 0 radical (unpaired) electrons. The van der Waals surface area contributed by atoms with Crippen LogP contribution in [0.15, 0.2) is 0 Å². The lowest BCUT2D eigenvalue weighted by atomic mass is 10.0. The molecule has 4 heteroatoms. The number of ether oxygens (including phenoxy) is 3. The first-order valence-corrected chi connectivity index (χ1v) is 4.75. The summed E-state index contributed by atoms with van der Waals surface area (Å²) in [5.74, 6) is 0.148. The fourth-order valence-electron chi connectivity index (χ4n) is 1.87. The fourth-order valence-corrected chi connectivity index (χ4v) is 1.87. The summed E-state index contributed by atoms with van der Waals surface area (Å²) in [7, 11) is 0. The summed E-state index contributed by atoms with van der Waals surface area (Å²) < 4.78 is 15.6. The van der Waals surface area contributed by atoms with Gasteiger partial charge in [0, 0.05) is 5.92 Å². The molecule has 3 atom stereocenters. The Morgan fingerprint density at radius 2 is 2.46 bits per heavy atom. The van der Waals surface area contributed by atoms with Crippen LogP contribution < -0.4 is 0 Å². The van der Waals surface area contributed by atoms with Gasteiger partial charge in [-0.2, -0.15) is 0 Å². The van der Waals surface area contributed by atoms with Gasteiger partial charge in [-0.05, 0) is 19.8 Å². The minimum atomic E-state index is -0.393. The molecule has 0 aromatic carbocycles. The van der Waals surface area contributed by atoms with Crippen LogP contribution in [0.5, 0.6) is 0 Å². The average molecular weight is 186 g/mol. The quantitative estimate of drug-likeness (QED) is 0.595. The van der Waals surface area contributed by atoms with Crippen LogP contribution in [-0.4, -0.2) is 31.6 Å². The number of carbonyl (C=O) groups is 1. The van der Waals surface area contributed by atoms with Crippen molar-refractivity contribution in [3.63, 3.8) is 0 Å². The summed E-state index contributed by atoms with van der Waals surface area (Å²) in [5, 5.41) is 0. The molecule has 2 saturated heterocycles. The third kappa shape index (κ3) is 1.69. The van der Waals surface area contributed by atoms with Crippen molar-refractivity contribution in [2.45, 2.75) is 32.2 Å². The van der Waals surface area contributed by atoms with Crippen molar-refractivity contribution in [2.75, 3.05) is 13.2 Å². The number of rotatable bonds is 2. The lowest BCUT2D eigenvalue weighted by Gasteiger charge is -2.10. The largest absolute Gasteiger partial charge is 0.464 e. The molecular weight excluding hydrogens is 172 g/mol. The molecular formula is C9H14O4. The zero-order chi connectivity index (χ0) is 9.26. The van der Waals surface area contributed by atoms with Crippen LogP contribution in [0.4, 0.5) is 0 Å². The topological polar surface area (TPSA) is 44.8 Å². The molecule has 2 aliphatic rings. The first kappa shape index (κ1) is 8.97. The molecule has 0 bridgehead atoms. The smallest absolute Gasteiger partial charge is 0.335 e. The highest BCUT2D eigenvalue weighted by molar-refractivity contribution is 5.75. The number of esters is 1. The summed E-state index contributed by atoms with van der Waals surface area (Å²) in [6.07, 6.45) is 1.20. The maximum Gasteiger partial charge on any atom is 0.335 e. The molecule has 0 aliphatic carbocycles. The molecule has 2 aliphatic heterocycles. The summed E-state index contributed by atoms with van der Waals surface area (Å²) in [6.45, 7) is 2.96. The maximum atomic E-state index is 11.3. The van der Waals surface area contributed by atoms with E-state index in [1.54, 1.807) is 6.92 Å². The monoisotopic (exact) mass is 186 g/mol. The van der Waals surface area contributed by atoms with Gasteiger partial charge in [-0.25, -0.2) is 4.79 Å². The van der Waals surface area contributed by atoms with Crippen LogP contribution in [0, 0.1) is 5.92 Å². The third-order valence-corrected chi connectivity index (χ3v) is 2.52. The van der Waals surface area contributed by atoms with Crippen LogP contribution in [0.25, 0.3) is 0 Å². The lowest BCUT2D eigenvalue weighted by molar-refractivity contribution is -0.169. The Hall–Kier alpha value is -0.610. The molecule has 0 N–H and O–H groups in total. The molecule has 2 fully saturated rings. The van der Waals surface area contributed by atoms with Crippen LogP contribution in [-0.2, 0) is 19.0 Å². The van der Waals surface area contributed by atoms with E-state index in [1.807, 2.05) is 0 Å². The third-order valence-electron chi connectivity index (χ3n) is 2.52. The highest BCUT2D eigenvalue weighted by Crippen LogP contribution is 2.34. The average Bonchev–Trinajstić information content (AvgIpc) is 2.61. The molecule has 74 valence electrons. The van der Waals surface area contributed by atoms with Crippen molar-refractivity contribution in [3.05, 3.63) is 0 Å². The van der Waals surface area contributed by atoms with Crippen molar-refractivity contribution < 1.29 is 19.0 Å². The van der Waals surface area contributed by atoms with Crippen molar-refractivity contribution in [3.8, 4) is 0 Å². The Labute approximate surface area is 77.1 Å². The predicted octanol–water partition coefficient (Wildman–Crippen LogP) is 0.701. The fraction of sp³-hybridized carbons (Fsp3) is 0.889. The van der Waals surface area contributed by atoms with Crippen molar-refractivity contribution in [1.82, 2.24) is 0 Å². The van der Waals surface area contributed by atoms with E-state index in [0.29, 0.717) is 12.5 Å². The van der Waals surface area contributed by atoms with E-state index in [9.17, 15) is 4.79 Å². The van der Waals surface area contributed by atoms with E-state index in [1.165, 1.54) is 0 Å². The second-order valence-corrected chi connectivity index (χ2v) is 3.40. The van der Waals surface area contributed by atoms with Gasteiger partial charge in [0.2, 0.25) is 0 Å². The zero-order valence-corrected chi connectivity index (χ0v) is 7.69. The molecule has 0 saturated carbocycles. The first-order valence-electron chi connectivity index (χ1n) is 4.75. The Morgan fingerprint density at radius 3 is 3.15 bits per heavy atom.